The number of benzene rings is 1. The van der Waals surface area contributed by atoms with E-state index in [1.54, 1.807) is 22.6 Å². The summed E-state index contributed by atoms with van der Waals surface area (Å²) in [4.78, 5) is 30.5. The van der Waals surface area contributed by atoms with Crippen molar-refractivity contribution in [3.8, 4) is 0 Å². The summed E-state index contributed by atoms with van der Waals surface area (Å²) < 4.78 is 1.79. The third kappa shape index (κ3) is 4.74. The normalized spacial score (nSPS) is 11.4. The van der Waals surface area contributed by atoms with Crippen LogP contribution in [-0.2, 0) is 6.54 Å². The van der Waals surface area contributed by atoms with Crippen LogP contribution in [0.4, 0.5) is 5.82 Å². The monoisotopic (exact) mass is 436 g/mol. The van der Waals surface area contributed by atoms with Gasteiger partial charge in [0.1, 0.15) is 11.5 Å². The zero-order valence-corrected chi connectivity index (χ0v) is 18.5. The predicted octanol–water partition coefficient (Wildman–Crippen LogP) is 3.13. The quantitative estimate of drug-likeness (QED) is 0.320. The van der Waals surface area contributed by atoms with Crippen LogP contribution in [0.3, 0.4) is 0 Å². The maximum Gasteiger partial charge on any atom is 0.271 e. The van der Waals surface area contributed by atoms with Crippen LogP contribution in [0.15, 0.2) is 41.8 Å². The number of para-hydroxylation sites is 2. The van der Waals surface area contributed by atoms with E-state index >= 15 is 0 Å². The Morgan fingerprint density at radius 1 is 1.13 bits per heavy atom. The highest BCUT2D eigenvalue weighted by molar-refractivity contribution is 7.99. The summed E-state index contributed by atoms with van der Waals surface area (Å²) in [7, 11) is 0. The smallest absolute Gasteiger partial charge is 0.271 e. The molecule has 0 saturated carbocycles. The van der Waals surface area contributed by atoms with Crippen molar-refractivity contribution in [3.63, 3.8) is 0 Å². The molecule has 0 fully saturated rings. The third-order valence-electron chi connectivity index (χ3n) is 4.46. The van der Waals surface area contributed by atoms with Crippen LogP contribution >= 0.6 is 11.8 Å². The number of hydrogen-bond acceptors (Lipinski definition) is 8. The molecule has 0 radical (unpaired) electrons. The van der Waals surface area contributed by atoms with Crippen molar-refractivity contribution < 1.29 is 4.79 Å². The van der Waals surface area contributed by atoms with Gasteiger partial charge in [-0.15, -0.1) is 0 Å². The van der Waals surface area contributed by atoms with Crippen LogP contribution in [0.1, 0.15) is 31.3 Å². The molecule has 0 aliphatic rings. The Labute approximate surface area is 184 Å². The first kappa shape index (κ1) is 21.0. The lowest BCUT2D eigenvalue weighted by molar-refractivity contribution is 0.0947. The molecule has 9 nitrogen and oxygen atoms in total. The SMILES string of the molecule is CCSc1nc(NC(C)C)c2cnn(CCNC(=O)c3cnc4ccccc4n3)c2n1. The van der Waals surface area contributed by atoms with E-state index in [-0.39, 0.29) is 17.6 Å². The molecule has 0 aliphatic heterocycles. The topological polar surface area (TPSA) is 111 Å². The first-order chi connectivity index (χ1) is 15.0. The summed E-state index contributed by atoms with van der Waals surface area (Å²) in [5, 5.41) is 12.3. The second-order valence-corrected chi connectivity index (χ2v) is 8.42. The van der Waals surface area contributed by atoms with Gasteiger partial charge in [-0.3, -0.25) is 9.78 Å². The number of thioether (sulfide) groups is 1. The van der Waals surface area contributed by atoms with Gasteiger partial charge in [0.15, 0.2) is 10.8 Å². The standard InChI is InChI=1S/C21H24N8OS/c1-4-31-21-27-18(25-13(2)3)14-11-24-29(19(14)28-21)10-9-22-20(30)17-12-23-15-7-5-6-8-16(15)26-17/h5-8,11-13H,4,9-10H2,1-3H3,(H,22,30)(H,25,27,28). The van der Waals surface area contributed by atoms with Crippen molar-refractivity contribution in [2.24, 2.45) is 0 Å². The molecular formula is C21H24N8OS. The molecule has 3 heterocycles. The predicted molar refractivity (Wildman–Crippen MR) is 122 cm³/mol. The van der Waals surface area contributed by atoms with Crippen LogP contribution < -0.4 is 10.6 Å². The van der Waals surface area contributed by atoms with Gasteiger partial charge in [-0.05, 0) is 31.7 Å². The fourth-order valence-corrected chi connectivity index (χ4v) is 3.67. The molecule has 0 spiro atoms. The van der Waals surface area contributed by atoms with Gasteiger partial charge >= 0.3 is 0 Å². The Kier molecular flexibility index (Phi) is 6.26. The lowest BCUT2D eigenvalue weighted by Crippen LogP contribution is -2.28. The Hall–Kier alpha value is -3.27. The summed E-state index contributed by atoms with van der Waals surface area (Å²) in [6.07, 6.45) is 3.25. The van der Waals surface area contributed by atoms with Crippen molar-refractivity contribution in [2.45, 2.75) is 38.5 Å². The second-order valence-electron chi connectivity index (χ2n) is 7.19. The molecule has 1 aromatic carbocycles. The van der Waals surface area contributed by atoms with E-state index < -0.39 is 0 Å². The maximum atomic E-state index is 12.5. The van der Waals surface area contributed by atoms with Gasteiger partial charge in [-0.25, -0.2) is 19.6 Å². The Balaban J connectivity index is 1.49. The van der Waals surface area contributed by atoms with Crippen LogP contribution in [0, 0.1) is 0 Å². The first-order valence-electron chi connectivity index (χ1n) is 10.2. The van der Waals surface area contributed by atoms with Crippen molar-refractivity contribution >= 4 is 45.6 Å². The zero-order valence-electron chi connectivity index (χ0n) is 17.7. The van der Waals surface area contributed by atoms with Crippen LogP contribution in [0.25, 0.3) is 22.1 Å². The molecule has 10 heteroatoms. The molecule has 0 atom stereocenters. The number of aromatic nitrogens is 6. The Morgan fingerprint density at radius 3 is 2.71 bits per heavy atom. The van der Waals surface area contributed by atoms with E-state index in [2.05, 4.69) is 56.4 Å². The number of anilines is 1. The van der Waals surface area contributed by atoms with Gasteiger partial charge in [-0.1, -0.05) is 30.8 Å². The van der Waals surface area contributed by atoms with Gasteiger partial charge < -0.3 is 10.6 Å². The average Bonchev–Trinajstić information content (AvgIpc) is 3.16. The molecule has 4 aromatic rings. The molecule has 0 unspecified atom stereocenters. The number of amides is 1. The highest BCUT2D eigenvalue weighted by Crippen LogP contribution is 2.24. The highest BCUT2D eigenvalue weighted by atomic mass is 32.2. The van der Waals surface area contributed by atoms with Gasteiger partial charge in [0, 0.05) is 12.6 Å². The van der Waals surface area contributed by atoms with Crippen molar-refractivity contribution in [3.05, 3.63) is 42.4 Å². The molecule has 4 rings (SSSR count). The first-order valence-corrected chi connectivity index (χ1v) is 11.2. The number of fused-ring (bicyclic) bond motifs is 2. The molecule has 160 valence electrons. The van der Waals surface area contributed by atoms with Crippen molar-refractivity contribution in [1.82, 2.24) is 35.0 Å². The molecule has 0 aliphatic carbocycles. The van der Waals surface area contributed by atoms with Gasteiger partial charge in [-0.2, -0.15) is 5.10 Å². The number of hydrogen-bond donors (Lipinski definition) is 2. The number of rotatable bonds is 8. The van der Waals surface area contributed by atoms with E-state index in [0.717, 1.165) is 28.1 Å². The highest BCUT2D eigenvalue weighted by Gasteiger charge is 2.14. The van der Waals surface area contributed by atoms with Gasteiger partial charge in [0.2, 0.25) is 0 Å². The third-order valence-corrected chi connectivity index (χ3v) is 5.19. The van der Waals surface area contributed by atoms with Crippen molar-refractivity contribution in [1.29, 1.82) is 0 Å². The molecule has 2 N–H and O–H groups in total. The van der Waals surface area contributed by atoms with Gasteiger partial charge in [0.25, 0.3) is 5.91 Å². The molecular weight excluding hydrogens is 412 g/mol. The summed E-state index contributed by atoms with van der Waals surface area (Å²) in [5.74, 6) is 1.38. The lowest BCUT2D eigenvalue weighted by Gasteiger charge is -2.11. The van der Waals surface area contributed by atoms with E-state index in [1.807, 2.05) is 24.3 Å². The minimum atomic E-state index is -0.270. The summed E-state index contributed by atoms with van der Waals surface area (Å²) in [6, 6.07) is 7.70. The average molecular weight is 437 g/mol. The fourth-order valence-electron chi connectivity index (χ4n) is 3.11. The molecule has 31 heavy (non-hydrogen) atoms. The van der Waals surface area contributed by atoms with Crippen LogP contribution in [-0.4, -0.2) is 54.0 Å². The van der Waals surface area contributed by atoms with Crippen molar-refractivity contribution in [2.75, 3.05) is 17.6 Å². The number of nitrogens with one attached hydrogen (secondary N) is 2. The van der Waals surface area contributed by atoms with Crippen LogP contribution in [0.5, 0.6) is 0 Å². The summed E-state index contributed by atoms with van der Waals surface area (Å²) >= 11 is 1.58. The summed E-state index contributed by atoms with van der Waals surface area (Å²) in [6.45, 7) is 7.06. The Morgan fingerprint density at radius 2 is 1.94 bits per heavy atom. The summed E-state index contributed by atoms with van der Waals surface area (Å²) in [5.41, 5.74) is 2.48. The van der Waals surface area contributed by atoms with Crippen LogP contribution in [0.2, 0.25) is 0 Å². The number of carbonyl (C=O) groups is 1. The number of carbonyl (C=O) groups excluding carboxylic acids is 1. The zero-order chi connectivity index (χ0) is 21.8. The van der Waals surface area contributed by atoms with E-state index in [1.165, 1.54) is 6.20 Å². The largest absolute Gasteiger partial charge is 0.367 e. The van der Waals surface area contributed by atoms with E-state index in [4.69, 9.17) is 0 Å². The minimum absolute atomic E-state index is 0.239. The molecule has 0 saturated heterocycles. The molecule has 3 aromatic heterocycles. The molecule has 0 bridgehead atoms. The fraction of sp³-hybridized carbons (Fsp3) is 0.333. The minimum Gasteiger partial charge on any atom is -0.367 e. The number of nitrogens with zero attached hydrogens (tertiary/aromatic N) is 6. The van der Waals surface area contributed by atoms with E-state index in [0.29, 0.717) is 23.8 Å². The lowest BCUT2D eigenvalue weighted by atomic mass is 10.3. The Bertz CT molecular complexity index is 1220. The van der Waals surface area contributed by atoms with Gasteiger partial charge in [0.05, 0.1) is 35.4 Å². The van der Waals surface area contributed by atoms with E-state index in [9.17, 15) is 4.79 Å². The molecule has 1 amide bonds. The maximum absolute atomic E-state index is 12.5. The second kappa shape index (κ2) is 9.25.